The molecule has 5 nitrogen and oxygen atoms in total. The number of nitrogens with zero attached hydrogens (tertiary/aromatic N) is 1. The predicted octanol–water partition coefficient (Wildman–Crippen LogP) is 1.45. The summed E-state index contributed by atoms with van der Waals surface area (Å²) in [7, 11) is 0. The lowest BCUT2D eigenvalue weighted by molar-refractivity contribution is -0.145. The molecule has 0 unspecified atom stereocenters. The van der Waals surface area contributed by atoms with E-state index in [0.29, 0.717) is 26.1 Å². The fraction of sp³-hybridized carbons (Fsp3) is 0.375. The van der Waals surface area contributed by atoms with Gasteiger partial charge < -0.3 is 15.2 Å². The van der Waals surface area contributed by atoms with Gasteiger partial charge in [-0.05, 0) is 30.9 Å². The molecule has 2 heterocycles. The molecule has 2 amide bonds. The number of carbonyl (C=O) groups excluding carboxylic acids is 2. The molecule has 110 valence electrons. The average molecular weight is 285 g/mol. The van der Waals surface area contributed by atoms with Crippen molar-refractivity contribution in [1.82, 2.24) is 15.2 Å². The molecule has 3 rings (SSSR count). The smallest absolute Gasteiger partial charge is 0.311 e. The zero-order valence-corrected chi connectivity index (χ0v) is 11.9. The second kappa shape index (κ2) is 5.99. The van der Waals surface area contributed by atoms with Crippen LogP contribution in [0.5, 0.6) is 0 Å². The number of benzene rings is 1. The molecule has 0 bridgehead atoms. The molecule has 21 heavy (non-hydrogen) atoms. The molecule has 5 heteroatoms. The van der Waals surface area contributed by atoms with Crippen molar-refractivity contribution >= 4 is 22.7 Å². The van der Waals surface area contributed by atoms with Gasteiger partial charge in [0.1, 0.15) is 0 Å². The van der Waals surface area contributed by atoms with E-state index in [2.05, 4.69) is 16.4 Å². The molecule has 0 aliphatic carbocycles. The van der Waals surface area contributed by atoms with Gasteiger partial charge in [-0.2, -0.15) is 0 Å². The van der Waals surface area contributed by atoms with E-state index in [9.17, 15) is 9.59 Å². The Bertz CT molecular complexity index is 656. The first-order valence-electron chi connectivity index (χ1n) is 7.38. The van der Waals surface area contributed by atoms with Crippen LogP contribution in [-0.2, 0) is 16.0 Å². The van der Waals surface area contributed by atoms with Crippen LogP contribution in [0.4, 0.5) is 0 Å². The molecular formula is C16H19N3O2. The number of amides is 2. The Hall–Kier alpha value is -2.30. The van der Waals surface area contributed by atoms with Gasteiger partial charge in [0.2, 0.25) is 0 Å². The Balaban J connectivity index is 1.53. The van der Waals surface area contributed by atoms with Crippen LogP contribution in [0, 0.1) is 0 Å². The average Bonchev–Trinajstić information content (AvgIpc) is 3.16. The Morgan fingerprint density at radius 2 is 1.95 bits per heavy atom. The summed E-state index contributed by atoms with van der Waals surface area (Å²) in [6, 6.07) is 8.06. The highest BCUT2D eigenvalue weighted by molar-refractivity contribution is 6.35. The molecule has 0 atom stereocenters. The van der Waals surface area contributed by atoms with Crippen molar-refractivity contribution in [2.24, 2.45) is 0 Å². The molecule has 2 aromatic rings. The summed E-state index contributed by atoms with van der Waals surface area (Å²) in [6.07, 6.45) is 4.66. The summed E-state index contributed by atoms with van der Waals surface area (Å²) in [5.74, 6) is -0.886. The molecule has 2 N–H and O–H groups in total. The van der Waals surface area contributed by atoms with E-state index in [-0.39, 0.29) is 0 Å². The third kappa shape index (κ3) is 2.91. The normalized spacial score (nSPS) is 14.6. The highest BCUT2D eigenvalue weighted by Crippen LogP contribution is 2.17. The van der Waals surface area contributed by atoms with Gasteiger partial charge >= 0.3 is 11.8 Å². The zero-order valence-electron chi connectivity index (χ0n) is 11.9. The lowest BCUT2D eigenvalue weighted by Gasteiger charge is -2.14. The maximum absolute atomic E-state index is 11.9. The van der Waals surface area contributed by atoms with Crippen molar-refractivity contribution in [3.05, 3.63) is 36.0 Å². The minimum atomic E-state index is -0.489. The van der Waals surface area contributed by atoms with Crippen LogP contribution in [0.25, 0.3) is 10.9 Å². The van der Waals surface area contributed by atoms with Crippen molar-refractivity contribution in [2.45, 2.75) is 19.3 Å². The summed E-state index contributed by atoms with van der Waals surface area (Å²) in [6.45, 7) is 1.88. The summed E-state index contributed by atoms with van der Waals surface area (Å²) >= 11 is 0. The van der Waals surface area contributed by atoms with Crippen LogP contribution in [0.1, 0.15) is 18.4 Å². The van der Waals surface area contributed by atoms with E-state index in [1.54, 1.807) is 4.90 Å². The number of para-hydroxylation sites is 1. The lowest BCUT2D eigenvalue weighted by atomic mass is 10.1. The van der Waals surface area contributed by atoms with Crippen LogP contribution in [0.15, 0.2) is 30.5 Å². The maximum Gasteiger partial charge on any atom is 0.311 e. The largest absolute Gasteiger partial charge is 0.361 e. The number of aromatic amines is 1. The third-order valence-corrected chi connectivity index (χ3v) is 3.94. The number of hydrogen-bond acceptors (Lipinski definition) is 2. The molecule has 1 fully saturated rings. The summed E-state index contributed by atoms with van der Waals surface area (Å²) in [4.78, 5) is 28.5. The van der Waals surface area contributed by atoms with Gasteiger partial charge in [0.25, 0.3) is 0 Å². The van der Waals surface area contributed by atoms with Crippen molar-refractivity contribution in [3.8, 4) is 0 Å². The minimum absolute atomic E-state index is 0.397. The summed E-state index contributed by atoms with van der Waals surface area (Å²) in [5, 5.41) is 3.88. The predicted molar refractivity (Wildman–Crippen MR) is 80.8 cm³/mol. The quantitative estimate of drug-likeness (QED) is 0.838. The number of likely N-dealkylation sites (tertiary alicyclic amines) is 1. The molecule has 0 radical (unpaired) electrons. The fourth-order valence-corrected chi connectivity index (χ4v) is 2.79. The Kier molecular flexibility index (Phi) is 3.90. The van der Waals surface area contributed by atoms with Gasteiger partial charge in [0, 0.05) is 36.7 Å². The molecule has 1 saturated heterocycles. The molecule has 1 aliphatic rings. The highest BCUT2D eigenvalue weighted by atomic mass is 16.2. The molecule has 0 spiro atoms. The second-order valence-corrected chi connectivity index (χ2v) is 5.36. The minimum Gasteiger partial charge on any atom is -0.361 e. The van der Waals surface area contributed by atoms with Crippen LogP contribution in [0.3, 0.4) is 0 Å². The molecule has 1 aliphatic heterocycles. The van der Waals surface area contributed by atoms with E-state index < -0.39 is 11.8 Å². The van der Waals surface area contributed by atoms with E-state index in [0.717, 1.165) is 29.3 Å². The topological polar surface area (TPSA) is 65.2 Å². The number of carbonyl (C=O) groups is 2. The lowest BCUT2D eigenvalue weighted by Crippen LogP contribution is -2.42. The first kappa shape index (κ1) is 13.7. The van der Waals surface area contributed by atoms with Crippen molar-refractivity contribution in [2.75, 3.05) is 19.6 Å². The second-order valence-electron chi connectivity index (χ2n) is 5.36. The monoisotopic (exact) mass is 285 g/mol. The van der Waals surface area contributed by atoms with Gasteiger partial charge in [-0.3, -0.25) is 9.59 Å². The van der Waals surface area contributed by atoms with Crippen LogP contribution in [0.2, 0.25) is 0 Å². The standard InChI is InChI=1S/C16H19N3O2/c20-15(16(21)19-9-3-4-10-19)17-8-7-12-11-18-14-6-2-1-5-13(12)14/h1-2,5-6,11,18H,3-4,7-10H2,(H,17,20). The van der Waals surface area contributed by atoms with E-state index in [1.165, 1.54) is 0 Å². The van der Waals surface area contributed by atoms with E-state index in [1.807, 2.05) is 24.4 Å². The van der Waals surface area contributed by atoms with Crippen molar-refractivity contribution < 1.29 is 9.59 Å². The number of H-pyrrole nitrogens is 1. The number of fused-ring (bicyclic) bond motifs is 1. The maximum atomic E-state index is 11.9. The summed E-state index contributed by atoms with van der Waals surface area (Å²) in [5.41, 5.74) is 2.24. The van der Waals surface area contributed by atoms with E-state index in [4.69, 9.17) is 0 Å². The number of rotatable bonds is 3. The third-order valence-electron chi connectivity index (χ3n) is 3.94. The molecule has 0 saturated carbocycles. The van der Waals surface area contributed by atoms with Gasteiger partial charge in [-0.1, -0.05) is 18.2 Å². The van der Waals surface area contributed by atoms with Crippen LogP contribution in [-0.4, -0.2) is 41.3 Å². The van der Waals surface area contributed by atoms with Gasteiger partial charge in [0.05, 0.1) is 0 Å². The molecular weight excluding hydrogens is 266 g/mol. The first-order valence-corrected chi connectivity index (χ1v) is 7.38. The van der Waals surface area contributed by atoms with Gasteiger partial charge in [-0.15, -0.1) is 0 Å². The van der Waals surface area contributed by atoms with Gasteiger partial charge in [0.15, 0.2) is 0 Å². The highest BCUT2D eigenvalue weighted by Gasteiger charge is 2.23. The number of aromatic nitrogens is 1. The Labute approximate surface area is 123 Å². The SMILES string of the molecule is O=C(NCCc1c[nH]c2ccccc12)C(=O)N1CCCC1. The van der Waals surface area contributed by atoms with Crippen molar-refractivity contribution in [1.29, 1.82) is 0 Å². The number of nitrogens with one attached hydrogen (secondary N) is 2. The van der Waals surface area contributed by atoms with Crippen LogP contribution >= 0.6 is 0 Å². The number of hydrogen-bond donors (Lipinski definition) is 2. The van der Waals surface area contributed by atoms with Crippen LogP contribution < -0.4 is 5.32 Å². The molecule has 1 aromatic carbocycles. The Morgan fingerprint density at radius 1 is 1.19 bits per heavy atom. The Morgan fingerprint density at radius 3 is 2.76 bits per heavy atom. The van der Waals surface area contributed by atoms with E-state index >= 15 is 0 Å². The summed E-state index contributed by atoms with van der Waals surface area (Å²) < 4.78 is 0. The van der Waals surface area contributed by atoms with Crippen molar-refractivity contribution in [3.63, 3.8) is 0 Å². The van der Waals surface area contributed by atoms with Gasteiger partial charge in [-0.25, -0.2) is 0 Å². The molecule has 1 aromatic heterocycles. The zero-order chi connectivity index (χ0) is 14.7. The first-order chi connectivity index (χ1) is 10.3. The fourth-order valence-electron chi connectivity index (χ4n) is 2.79.